The fourth-order valence-electron chi connectivity index (χ4n) is 2.88. The molecule has 0 aliphatic carbocycles. The number of hydrogen-bond acceptors (Lipinski definition) is 0. The fourth-order valence-corrected chi connectivity index (χ4v) is 10.6. The van der Waals surface area contributed by atoms with Gasteiger partial charge in [-0.2, -0.15) is 0 Å². The third kappa shape index (κ3) is 3.81. The van der Waals surface area contributed by atoms with Crippen molar-refractivity contribution in [2.75, 3.05) is 0 Å². The van der Waals surface area contributed by atoms with Gasteiger partial charge in [-0.25, -0.2) is 0 Å². The van der Waals surface area contributed by atoms with E-state index in [4.69, 9.17) is 0 Å². The quantitative estimate of drug-likeness (QED) is 0.575. The zero-order valence-corrected chi connectivity index (χ0v) is 15.4. The van der Waals surface area contributed by atoms with Gasteiger partial charge in [-0.1, -0.05) is 0 Å². The number of hydrogen-bond donors (Lipinski definition) is 0. The van der Waals surface area contributed by atoms with E-state index in [-0.39, 0.29) is 0 Å². The molecule has 3 aromatic carbocycles. The van der Waals surface area contributed by atoms with Crippen molar-refractivity contribution in [1.29, 1.82) is 0 Å². The van der Waals surface area contributed by atoms with Crippen molar-refractivity contribution in [3.05, 3.63) is 96.6 Å². The van der Waals surface area contributed by atoms with Gasteiger partial charge in [-0.15, -0.1) is 0 Å². The Morgan fingerprint density at radius 2 is 1.05 bits per heavy atom. The molecule has 3 rings (SSSR count). The van der Waals surface area contributed by atoms with Crippen LogP contribution in [0.3, 0.4) is 0 Å². The van der Waals surface area contributed by atoms with Crippen molar-refractivity contribution in [2.24, 2.45) is 0 Å². The maximum atomic E-state index is 2.44. The van der Waals surface area contributed by atoms with Gasteiger partial charge in [0.15, 0.2) is 0 Å². The molecule has 0 nitrogen and oxygen atoms in total. The molecule has 0 aliphatic heterocycles. The molecule has 0 fully saturated rings. The van der Waals surface area contributed by atoms with E-state index in [1.165, 1.54) is 12.0 Å². The summed E-state index contributed by atoms with van der Waals surface area (Å²) in [6.45, 7) is 2.44. The SMILES string of the molecule is C[CH](Cc1ccccc1)[Sb]([c]1ccccc1)[c]1ccccc1. The Balaban J connectivity index is 1.92. The first kappa shape index (κ1) is 15.4. The van der Waals surface area contributed by atoms with E-state index >= 15 is 0 Å². The molecule has 1 unspecified atom stereocenters. The molecule has 0 spiro atoms. The number of rotatable bonds is 5. The molecular weight excluding hydrogens is 374 g/mol. The van der Waals surface area contributed by atoms with Crippen molar-refractivity contribution < 1.29 is 0 Å². The van der Waals surface area contributed by atoms with E-state index in [0.29, 0.717) is 0 Å². The van der Waals surface area contributed by atoms with Crippen LogP contribution in [0.4, 0.5) is 0 Å². The topological polar surface area (TPSA) is 0 Å². The van der Waals surface area contributed by atoms with Gasteiger partial charge in [0.25, 0.3) is 0 Å². The molecule has 0 saturated carbocycles. The zero-order valence-electron chi connectivity index (χ0n) is 12.9. The molecule has 22 heavy (non-hydrogen) atoms. The summed E-state index contributed by atoms with van der Waals surface area (Å²) in [6.07, 6.45) is 1.17. The van der Waals surface area contributed by atoms with Crippen LogP contribution in [0.5, 0.6) is 0 Å². The molecule has 0 radical (unpaired) electrons. The standard InChI is InChI=1S/C9H11.2C6H5.Sb/c1-2-6-9-7-4-3-5-8-9;2*1-2-4-6-5-3-1;/h2-5,7-8H,6H2,1H3;2*1-5H;. The molecule has 0 saturated heterocycles. The molecule has 3 aromatic rings. The molecular formula is C21H21Sb. The first-order chi connectivity index (χ1) is 10.8. The van der Waals surface area contributed by atoms with E-state index in [2.05, 4.69) is 97.9 Å². The van der Waals surface area contributed by atoms with Crippen molar-refractivity contribution in [3.63, 3.8) is 0 Å². The molecule has 0 amide bonds. The Morgan fingerprint density at radius 3 is 1.50 bits per heavy atom. The summed E-state index contributed by atoms with van der Waals surface area (Å²) >= 11 is -1.74. The Hall–Kier alpha value is -1.52. The van der Waals surface area contributed by atoms with E-state index in [1.807, 2.05) is 0 Å². The van der Waals surface area contributed by atoms with Crippen LogP contribution >= 0.6 is 0 Å². The minimum absolute atomic E-state index is 0.732. The average molecular weight is 395 g/mol. The summed E-state index contributed by atoms with van der Waals surface area (Å²) in [7, 11) is 0. The second-order valence-corrected chi connectivity index (χ2v) is 13.2. The average Bonchev–Trinajstić information content (AvgIpc) is 2.58. The van der Waals surface area contributed by atoms with Gasteiger partial charge < -0.3 is 0 Å². The van der Waals surface area contributed by atoms with Gasteiger partial charge in [-0.3, -0.25) is 0 Å². The fraction of sp³-hybridized carbons (Fsp3) is 0.143. The molecule has 0 bridgehead atoms. The molecule has 0 aliphatic rings. The van der Waals surface area contributed by atoms with Crippen LogP contribution in [0.1, 0.15) is 12.5 Å². The molecule has 0 heterocycles. The van der Waals surface area contributed by atoms with Crippen LogP contribution in [0.25, 0.3) is 0 Å². The predicted octanol–water partition coefficient (Wildman–Crippen LogP) is 3.93. The molecule has 1 heteroatoms. The van der Waals surface area contributed by atoms with Gasteiger partial charge in [0.2, 0.25) is 0 Å². The Labute approximate surface area is 140 Å². The normalized spacial score (nSPS) is 12.3. The minimum atomic E-state index is -1.74. The van der Waals surface area contributed by atoms with Crippen molar-refractivity contribution in [2.45, 2.75) is 17.2 Å². The number of benzene rings is 3. The summed E-state index contributed by atoms with van der Waals surface area (Å²) in [4.78, 5) is 0. The van der Waals surface area contributed by atoms with E-state index < -0.39 is 20.2 Å². The van der Waals surface area contributed by atoms with E-state index in [9.17, 15) is 0 Å². The van der Waals surface area contributed by atoms with Crippen LogP contribution in [0.2, 0.25) is 3.86 Å². The summed E-state index contributed by atoms with van der Waals surface area (Å²) in [5, 5.41) is 0. The first-order valence-corrected chi connectivity index (χ1v) is 11.8. The summed E-state index contributed by atoms with van der Waals surface area (Å²) in [5.41, 5.74) is 1.45. The predicted molar refractivity (Wildman–Crippen MR) is 97.5 cm³/mol. The van der Waals surface area contributed by atoms with E-state index in [0.717, 1.165) is 3.86 Å². The van der Waals surface area contributed by atoms with Gasteiger partial charge in [0, 0.05) is 0 Å². The van der Waals surface area contributed by atoms with Crippen LogP contribution in [0.15, 0.2) is 91.0 Å². The molecule has 0 aromatic heterocycles. The zero-order chi connectivity index (χ0) is 15.2. The van der Waals surface area contributed by atoms with Crippen molar-refractivity contribution >= 4 is 27.2 Å². The molecule has 110 valence electrons. The Kier molecular flexibility index (Phi) is 5.35. The second-order valence-electron chi connectivity index (χ2n) is 5.58. The van der Waals surface area contributed by atoms with Crippen LogP contribution in [-0.4, -0.2) is 20.2 Å². The summed E-state index contributed by atoms with van der Waals surface area (Å²) < 4.78 is 3.90. The van der Waals surface area contributed by atoms with Crippen LogP contribution in [-0.2, 0) is 6.42 Å². The first-order valence-electron chi connectivity index (χ1n) is 7.78. The third-order valence-electron chi connectivity index (χ3n) is 3.88. The van der Waals surface area contributed by atoms with Gasteiger partial charge in [-0.05, 0) is 0 Å². The van der Waals surface area contributed by atoms with Gasteiger partial charge >= 0.3 is 141 Å². The van der Waals surface area contributed by atoms with Crippen molar-refractivity contribution in [1.82, 2.24) is 0 Å². The van der Waals surface area contributed by atoms with Crippen molar-refractivity contribution in [3.8, 4) is 0 Å². The van der Waals surface area contributed by atoms with Gasteiger partial charge in [0.05, 0.1) is 0 Å². The van der Waals surface area contributed by atoms with Gasteiger partial charge in [0.1, 0.15) is 0 Å². The maximum absolute atomic E-state index is 2.44. The molecule has 1 atom stereocenters. The van der Waals surface area contributed by atoms with Crippen LogP contribution < -0.4 is 7.02 Å². The molecule has 0 N–H and O–H groups in total. The monoisotopic (exact) mass is 394 g/mol. The Bertz CT molecular complexity index is 637. The van der Waals surface area contributed by atoms with E-state index in [1.54, 1.807) is 7.02 Å². The summed E-state index contributed by atoms with van der Waals surface area (Å²) in [5.74, 6) is 0. The van der Waals surface area contributed by atoms with Crippen LogP contribution in [0, 0.1) is 0 Å². The Morgan fingerprint density at radius 1 is 0.636 bits per heavy atom. The second kappa shape index (κ2) is 7.65. The third-order valence-corrected chi connectivity index (χ3v) is 11.8. The summed E-state index contributed by atoms with van der Waals surface area (Å²) in [6, 6.07) is 33.2.